The third-order valence-electron chi connectivity index (χ3n) is 3.70. The van der Waals surface area contributed by atoms with Gasteiger partial charge in [-0.3, -0.25) is 4.68 Å². The minimum Gasteiger partial charge on any atom is -0.331 e. The Bertz CT molecular complexity index is 457. The fraction of sp³-hybridized carbons (Fsp3) is 0.769. The summed E-state index contributed by atoms with van der Waals surface area (Å²) in [5.41, 5.74) is 0. The zero-order valence-corrected chi connectivity index (χ0v) is 12.7. The van der Waals surface area contributed by atoms with Crippen LogP contribution in [0.4, 0.5) is 4.79 Å². The van der Waals surface area contributed by atoms with Gasteiger partial charge in [0, 0.05) is 32.7 Å². The summed E-state index contributed by atoms with van der Waals surface area (Å²) < 4.78 is 1.63. The summed E-state index contributed by atoms with van der Waals surface area (Å²) in [7, 11) is 3.91. The quantitative estimate of drug-likeness (QED) is 0.864. The van der Waals surface area contributed by atoms with Gasteiger partial charge in [0.1, 0.15) is 6.33 Å². The number of hydrogen-bond acceptors (Lipinski definition) is 4. The maximum atomic E-state index is 12.3. The lowest BCUT2D eigenvalue weighted by molar-refractivity contribution is 0.0853. The largest absolute Gasteiger partial charge is 0.331 e. The van der Waals surface area contributed by atoms with Crippen molar-refractivity contribution < 1.29 is 4.79 Å². The van der Waals surface area contributed by atoms with Crippen molar-refractivity contribution >= 4 is 6.03 Å². The number of likely N-dealkylation sites (N-methyl/N-ethyl adjacent to an activating group) is 1. The molecule has 1 saturated heterocycles. The van der Waals surface area contributed by atoms with Crippen molar-refractivity contribution in [3.63, 3.8) is 0 Å². The van der Waals surface area contributed by atoms with Crippen LogP contribution in [0, 0.1) is 5.92 Å². The third-order valence-corrected chi connectivity index (χ3v) is 3.70. The summed E-state index contributed by atoms with van der Waals surface area (Å²) in [5, 5.41) is 7.07. The Morgan fingerprint density at radius 3 is 2.80 bits per heavy atom. The highest BCUT2D eigenvalue weighted by molar-refractivity contribution is 5.74. The Labute approximate surface area is 119 Å². The fourth-order valence-electron chi connectivity index (χ4n) is 2.50. The summed E-state index contributed by atoms with van der Waals surface area (Å²) >= 11 is 0. The van der Waals surface area contributed by atoms with Gasteiger partial charge in [-0.1, -0.05) is 13.8 Å². The van der Waals surface area contributed by atoms with E-state index in [2.05, 4.69) is 41.2 Å². The Balaban J connectivity index is 1.93. The van der Waals surface area contributed by atoms with Gasteiger partial charge in [-0.15, -0.1) is 0 Å². The van der Waals surface area contributed by atoms with E-state index in [1.807, 2.05) is 11.9 Å². The second kappa shape index (κ2) is 6.21. The Morgan fingerprint density at radius 1 is 1.45 bits per heavy atom. The van der Waals surface area contributed by atoms with Crippen LogP contribution in [-0.2, 0) is 13.6 Å². The average molecular weight is 280 g/mol. The Morgan fingerprint density at radius 2 is 2.20 bits per heavy atom. The van der Waals surface area contributed by atoms with Crippen LogP contribution >= 0.6 is 0 Å². The van der Waals surface area contributed by atoms with Crippen LogP contribution in [-0.4, -0.2) is 63.3 Å². The first-order valence-corrected chi connectivity index (χ1v) is 7.05. The second-order valence-corrected chi connectivity index (χ2v) is 5.76. The van der Waals surface area contributed by atoms with E-state index in [9.17, 15) is 4.79 Å². The highest BCUT2D eigenvalue weighted by Crippen LogP contribution is 2.16. The molecule has 0 saturated carbocycles. The molecular weight excluding hydrogens is 256 g/mol. The molecule has 0 aromatic carbocycles. The smallest absolute Gasteiger partial charge is 0.318 e. The van der Waals surface area contributed by atoms with E-state index in [4.69, 9.17) is 0 Å². The van der Waals surface area contributed by atoms with Gasteiger partial charge >= 0.3 is 6.03 Å². The fourth-order valence-corrected chi connectivity index (χ4v) is 2.50. The van der Waals surface area contributed by atoms with Gasteiger partial charge in [-0.25, -0.2) is 9.78 Å². The lowest BCUT2D eigenvalue weighted by Crippen LogP contribution is -2.58. The number of amides is 2. The molecule has 2 heterocycles. The van der Waals surface area contributed by atoms with Crippen LogP contribution in [0.3, 0.4) is 0 Å². The summed E-state index contributed by atoms with van der Waals surface area (Å²) in [6.45, 7) is 7.29. The van der Waals surface area contributed by atoms with Crippen molar-refractivity contribution in [1.82, 2.24) is 29.9 Å². The summed E-state index contributed by atoms with van der Waals surface area (Å²) in [6, 6.07) is 0.231. The molecule has 1 aromatic rings. The molecule has 1 atom stereocenters. The molecule has 112 valence electrons. The molecule has 0 spiro atoms. The van der Waals surface area contributed by atoms with Gasteiger partial charge in [-0.05, 0) is 13.0 Å². The Kier molecular flexibility index (Phi) is 4.59. The number of piperazine rings is 1. The van der Waals surface area contributed by atoms with Crippen LogP contribution in [0.1, 0.15) is 19.7 Å². The van der Waals surface area contributed by atoms with Gasteiger partial charge < -0.3 is 15.1 Å². The molecule has 0 radical (unpaired) electrons. The monoisotopic (exact) mass is 280 g/mol. The first-order valence-electron chi connectivity index (χ1n) is 7.05. The van der Waals surface area contributed by atoms with E-state index in [0.29, 0.717) is 18.3 Å². The summed E-state index contributed by atoms with van der Waals surface area (Å²) in [6.07, 6.45) is 1.63. The molecular formula is C13H24N6O. The van der Waals surface area contributed by atoms with Crippen LogP contribution in [0.25, 0.3) is 0 Å². The minimum atomic E-state index is -0.0238. The van der Waals surface area contributed by atoms with Crippen LogP contribution < -0.4 is 5.32 Å². The number of carbonyl (C=O) groups is 1. The maximum absolute atomic E-state index is 12.3. The highest BCUT2D eigenvalue weighted by Gasteiger charge is 2.30. The minimum absolute atomic E-state index is 0.0238. The molecule has 0 bridgehead atoms. The number of urea groups is 1. The number of aryl methyl sites for hydroxylation is 1. The SMILES string of the molecule is CC(C)C1CN(C)CCN1C(=O)NCc1ncn(C)n1. The van der Waals surface area contributed by atoms with Gasteiger partial charge in [0.2, 0.25) is 0 Å². The molecule has 0 aliphatic carbocycles. The number of aromatic nitrogens is 3. The molecule has 1 aliphatic rings. The molecule has 7 nitrogen and oxygen atoms in total. The molecule has 7 heteroatoms. The first-order chi connectivity index (χ1) is 9.47. The maximum Gasteiger partial charge on any atom is 0.318 e. The standard InChI is InChI=1S/C13H24N6O/c1-10(2)11-8-17(3)5-6-19(11)13(20)14-7-12-15-9-18(4)16-12/h9-11H,5-8H2,1-4H3,(H,14,20). The molecule has 1 unspecified atom stereocenters. The van der Waals surface area contributed by atoms with Gasteiger partial charge in [0.15, 0.2) is 5.82 Å². The lowest BCUT2D eigenvalue weighted by atomic mass is 10.0. The lowest BCUT2D eigenvalue weighted by Gasteiger charge is -2.42. The average Bonchev–Trinajstić information content (AvgIpc) is 2.81. The number of carbonyl (C=O) groups excluding carboxylic acids is 1. The summed E-state index contributed by atoms with van der Waals surface area (Å²) in [5.74, 6) is 1.08. The first kappa shape index (κ1) is 14.8. The van der Waals surface area contributed by atoms with Crippen molar-refractivity contribution in [2.75, 3.05) is 26.7 Å². The van der Waals surface area contributed by atoms with Crippen molar-refractivity contribution in [2.24, 2.45) is 13.0 Å². The van der Waals surface area contributed by atoms with E-state index in [0.717, 1.165) is 19.6 Å². The van der Waals surface area contributed by atoms with Crippen molar-refractivity contribution in [2.45, 2.75) is 26.4 Å². The predicted molar refractivity (Wildman–Crippen MR) is 76.1 cm³/mol. The zero-order valence-electron chi connectivity index (χ0n) is 12.7. The number of nitrogens with zero attached hydrogens (tertiary/aromatic N) is 5. The van der Waals surface area contributed by atoms with E-state index < -0.39 is 0 Å². The molecule has 1 N–H and O–H groups in total. The van der Waals surface area contributed by atoms with Crippen LogP contribution in [0.15, 0.2) is 6.33 Å². The van der Waals surface area contributed by atoms with E-state index in [1.54, 1.807) is 11.0 Å². The van der Waals surface area contributed by atoms with Crippen LogP contribution in [0.5, 0.6) is 0 Å². The van der Waals surface area contributed by atoms with E-state index in [-0.39, 0.29) is 12.1 Å². The molecule has 1 fully saturated rings. The number of nitrogens with one attached hydrogen (secondary N) is 1. The zero-order chi connectivity index (χ0) is 14.7. The van der Waals surface area contributed by atoms with Gasteiger partial charge in [-0.2, -0.15) is 5.10 Å². The van der Waals surface area contributed by atoms with E-state index in [1.165, 1.54) is 0 Å². The number of hydrogen-bond donors (Lipinski definition) is 1. The van der Waals surface area contributed by atoms with Crippen LogP contribution in [0.2, 0.25) is 0 Å². The van der Waals surface area contributed by atoms with E-state index >= 15 is 0 Å². The third kappa shape index (κ3) is 3.47. The molecule has 1 aliphatic heterocycles. The summed E-state index contributed by atoms with van der Waals surface area (Å²) in [4.78, 5) is 20.7. The molecule has 2 amide bonds. The Hall–Kier alpha value is -1.63. The van der Waals surface area contributed by atoms with Crippen molar-refractivity contribution in [3.05, 3.63) is 12.2 Å². The predicted octanol–water partition coefficient (Wildman–Crippen LogP) is 0.297. The molecule has 1 aromatic heterocycles. The highest BCUT2D eigenvalue weighted by atomic mass is 16.2. The topological polar surface area (TPSA) is 66.3 Å². The molecule has 20 heavy (non-hydrogen) atoms. The molecule has 2 rings (SSSR count). The van der Waals surface area contributed by atoms with Crippen molar-refractivity contribution in [3.8, 4) is 0 Å². The number of rotatable bonds is 3. The van der Waals surface area contributed by atoms with Gasteiger partial charge in [0.05, 0.1) is 6.54 Å². The second-order valence-electron chi connectivity index (χ2n) is 5.76. The van der Waals surface area contributed by atoms with Crippen molar-refractivity contribution in [1.29, 1.82) is 0 Å². The van der Waals surface area contributed by atoms with Gasteiger partial charge in [0.25, 0.3) is 0 Å². The normalized spacial score (nSPS) is 20.4.